The minimum atomic E-state index is -0.748. The molecule has 0 spiro atoms. The van der Waals surface area contributed by atoms with Gasteiger partial charge in [0.1, 0.15) is 19.0 Å². The van der Waals surface area contributed by atoms with E-state index in [-0.39, 0.29) is 18.8 Å². The number of nitrogens with zero attached hydrogens (tertiary/aromatic N) is 2. The molecule has 0 aliphatic carbocycles. The number of hydrogen-bond acceptors (Lipinski definition) is 8. The third-order valence-corrected chi connectivity index (χ3v) is 9.18. The number of fused-ring (bicyclic) bond motifs is 1. The Morgan fingerprint density at radius 3 is 2.57 bits per heavy atom. The van der Waals surface area contributed by atoms with E-state index < -0.39 is 12.0 Å². The lowest BCUT2D eigenvalue weighted by atomic mass is 9.96. The van der Waals surface area contributed by atoms with Gasteiger partial charge in [0.25, 0.3) is 5.56 Å². The van der Waals surface area contributed by atoms with Crippen molar-refractivity contribution in [2.24, 2.45) is 4.99 Å². The van der Waals surface area contributed by atoms with Crippen molar-refractivity contribution in [3.8, 4) is 17.2 Å². The third kappa shape index (κ3) is 7.10. The topological polar surface area (TPSA) is 88.4 Å². The van der Waals surface area contributed by atoms with Gasteiger partial charge in [-0.05, 0) is 83.4 Å². The number of thiazole rings is 1. The zero-order chi connectivity index (χ0) is 33.0. The van der Waals surface area contributed by atoms with Crippen LogP contribution in [0.5, 0.6) is 17.2 Å². The fourth-order valence-electron chi connectivity index (χ4n) is 4.91. The van der Waals surface area contributed by atoms with E-state index in [1.54, 1.807) is 62.4 Å². The van der Waals surface area contributed by atoms with Crippen molar-refractivity contribution in [3.05, 3.63) is 129 Å². The van der Waals surface area contributed by atoms with Gasteiger partial charge in [0.15, 0.2) is 16.3 Å². The molecule has 0 N–H and O–H groups in total. The van der Waals surface area contributed by atoms with E-state index in [1.165, 1.54) is 23.0 Å². The molecular formula is C34H29BrCl2N2O6S. The molecule has 4 aromatic rings. The van der Waals surface area contributed by atoms with Crippen LogP contribution in [0.2, 0.25) is 10.0 Å². The van der Waals surface area contributed by atoms with Crippen molar-refractivity contribution in [2.45, 2.75) is 26.5 Å². The van der Waals surface area contributed by atoms with Crippen LogP contribution in [0.15, 0.2) is 92.8 Å². The quantitative estimate of drug-likeness (QED) is 0.121. The van der Waals surface area contributed by atoms with E-state index in [0.717, 1.165) is 5.56 Å². The fourth-order valence-corrected chi connectivity index (χ4v) is 7.00. The highest BCUT2D eigenvalue weighted by atomic mass is 79.9. The number of rotatable bonds is 11. The second-order valence-electron chi connectivity index (χ2n) is 10.0. The molecule has 1 aromatic heterocycles. The third-order valence-electron chi connectivity index (χ3n) is 7.02. The van der Waals surface area contributed by atoms with Crippen LogP contribution < -0.4 is 29.1 Å². The second kappa shape index (κ2) is 14.7. The largest absolute Gasteiger partial charge is 0.493 e. The first-order valence-corrected chi connectivity index (χ1v) is 16.5. The first kappa shape index (κ1) is 33.5. The van der Waals surface area contributed by atoms with Crippen molar-refractivity contribution in [1.82, 2.24) is 4.57 Å². The number of ether oxygens (including phenoxy) is 4. The highest BCUT2D eigenvalue weighted by Crippen LogP contribution is 2.38. The smallest absolute Gasteiger partial charge is 0.338 e. The van der Waals surface area contributed by atoms with Gasteiger partial charge in [0.2, 0.25) is 0 Å². The Bertz CT molecular complexity index is 2020. The zero-order valence-corrected chi connectivity index (χ0v) is 29.1. The molecule has 46 heavy (non-hydrogen) atoms. The lowest BCUT2D eigenvalue weighted by Gasteiger charge is -2.24. The van der Waals surface area contributed by atoms with Gasteiger partial charge in [-0.2, -0.15) is 0 Å². The molecule has 0 saturated carbocycles. The summed E-state index contributed by atoms with van der Waals surface area (Å²) in [5.74, 6) is 1.04. The average Bonchev–Trinajstić information content (AvgIpc) is 3.33. The Morgan fingerprint density at radius 2 is 1.89 bits per heavy atom. The molecular weight excluding hydrogens is 715 g/mol. The average molecular weight is 744 g/mol. The SMILES string of the molecule is C=CCOc1ccc([C@H]2C(C(=O)OCC)=C(C)N=c3s/c(=C\c4cc(Br)c(OCc5ccc(Cl)cc5Cl)c(OC)c4)c(=O)n32)cc1. The van der Waals surface area contributed by atoms with Crippen LogP contribution in [0.4, 0.5) is 0 Å². The molecule has 1 aliphatic rings. The van der Waals surface area contributed by atoms with Crippen molar-refractivity contribution in [2.75, 3.05) is 20.3 Å². The van der Waals surface area contributed by atoms with Gasteiger partial charge >= 0.3 is 5.97 Å². The number of allylic oxidation sites excluding steroid dienone is 1. The van der Waals surface area contributed by atoms with Gasteiger partial charge in [0.05, 0.1) is 40.0 Å². The summed E-state index contributed by atoms with van der Waals surface area (Å²) in [7, 11) is 1.54. The van der Waals surface area contributed by atoms with Gasteiger partial charge in [0, 0.05) is 15.6 Å². The van der Waals surface area contributed by atoms with Crippen LogP contribution >= 0.6 is 50.5 Å². The Balaban J connectivity index is 1.55. The molecule has 1 atom stereocenters. The predicted molar refractivity (Wildman–Crippen MR) is 184 cm³/mol. The summed E-state index contributed by atoms with van der Waals surface area (Å²) in [6.45, 7) is 7.88. The summed E-state index contributed by atoms with van der Waals surface area (Å²) in [6.07, 6.45) is 3.41. The molecule has 5 rings (SSSR count). The summed E-state index contributed by atoms with van der Waals surface area (Å²) in [5.41, 5.74) is 2.64. The van der Waals surface area contributed by atoms with Gasteiger partial charge in [-0.15, -0.1) is 0 Å². The van der Waals surface area contributed by atoms with Gasteiger partial charge in [-0.25, -0.2) is 9.79 Å². The number of esters is 1. The number of carbonyl (C=O) groups excluding carboxylic acids is 1. The molecule has 3 aromatic carbocycles. The Hall–Kier alpha value is -3.83. The maximum atomic E-state index is 14.0. The normalized spacial score (nSPS) is 14.4. The summed E-state index contributed by atoms with van der Waals surface area (Å²) < 4.78 is 25.3. The van der Waals surface area contributed by atoms with Gasteiger partial charge in [-0.1, -0.05) is 65.4 Å². The molecule has 0 radical (unpaired) electrons. The molecule has 2 heterocycles. The van der Waals surface area contributed by atoms with Crippen molar-refractivity contribution < 1.29 is 23.7 Å². The first-order valence-electron chi connectivity index (χ1n) is 14.1. The van der Waals surface area contributed by atoms with Crippen LogP contribution in [0, 0.1) is 0 Å². The number of benzene rings is 3. The fraction of sp³-hybridized carbons (Fsp3) is 0.206. The van der Waals surface area contributed by atoms with Crippen molar-refractivity contribution in [3.63, 3.8) is 0 Å². The highest BCUT2D eigenvalue weighted by molar-refractivity contribution is 9.10. The number of aromatic nitrogens is 1. The molecule has 238 valence electrons. The zero-order valence-electron chi connectivity index (χ0n) is 25.1. The maximum absolute atomic E-state index is 14.0. The Kier molecular flexibility index (Phi) is 10.7. The van der Waals surface area contributed by atoms with Crippen LogP contribution in [0.3, 0.4) is 0 Å². The molecule has 0 unspecified atom stereocenters. The maximum Gasteiger partial charge on any atom is 0.338 e. The van der Waals surface area contributed by atoms with E-state index in [2.05, 4.69) is 27.5 Å². The number of halogens is 3. The minimum absolute atomic E-state index is 0.185. The van der Waals surface area contributed by atoms with E-state index in [0.29, 0.717) is 70.1 Å². The molecule has 0 fully saturated rings. The van der Waals surface area contributed by atoms with E-state index >= 15 is 0 Å². The van der Waals surface area contributed by atoms with E-state index in [4.69, 9.17) is 42.1 Å². The summed E-state index contributed by atoms with van der Waals surface area (Å²) in [5, 5.41) is 1.03. The molecule has 0 amide bonds. The lowest BCUT2D eigenvalue weighted by molar-refractivity contribution is -0.139. The van der Waals surface area contributed by atoms with Crippen LogP contribution in [-0.2, 0) is 16.1 Å². The number of hydrogen-bond donors (Lipinski definition) is 0. The summed E-state index contributed by atoms with van der Waals surface area (Å²) >= 11 is 17.2. The predicted octanol–water partition coefficient (Wildman–Crippen LogP) is 7.02. The monoisotopic (exact) mass is 742 g/mol. The first-order chi connectivity index (χ1) is 22.1. The molecule has 1 aliphatic heterocycles. The lowest BCUT2D eigenvalue weighted by Crippen LogP contribution is -2.39. The molecule has 0 bridgehead atoms. The Morgan fingerprint density at radius 1 is 1.13 bits per heavy atom. The van der Waals surface area contributed by atoms with Crippen LogP contribution in [0.25, 0.3) is 6.08 Å². The summed E-state index contributed by atoms with van der Waals surface area (Å²) in [6, 6.07) is 15.3. The Labute approximate surface area is 287 Å². The second-order valence-corrected chi connectivity index (χ2v) is 12.7. The number of carbonyl (C=O) groups is 1. The summed E-state index contributed by atoms with van der Waals surface area (Å²) in [4.78, 5) is 32.4. The van der Waals surface area contributed by atoms with E-state index in [9.17, 15) is 9.59 Å². The molecule has 8 nitrogen and oxygen atoms in total. The number of methoxy groups -OCH3 is 1. The van der Waals surface area contributed by atoms with Crippen molar-refractivity contribution >= 4 is 62.5 Å². The van der Waals surface area contributed by atoms with E-state index in [1.807, 2.05) is 18.2 Å². The molecule has 0 saturated heterocycles. The van der Waals surface area contributed by atoms with Gasteiger partial charge < -0.3 is 18.9 Å². The van der Waals surface area contributed by atoms with Gasteiger partial charge in [-0.3, -0.25) is 9.36 Å². The van der Waals surface area contributed by atoms with Crippen LogP contribution in [0.1, 0.15) is 36.6 Å². The standard InChI is InChI=1S/C34H29BrCl2N2O6S/c1-5-13-44-24-11-8-21(9-12-24)30-29(33(41)43-6-2)19(3)38-34-39(30)32(40)28(46-34)16-20-14-25(35)31(27(15-20)42-4)45-18-22-7-10-23(36)17-26(22)37/h5,7-12,14-17,30H,1,6,13,18H2,2-4H3/b28-16-/t30-/m0/s1. The highest BCUT2D eigenvalue weighted by Gasteiger charge is 2.33. The molecule has 12 heteroatoms. The van der Waals surface area contributed by atoms with Crippen LogP contribution in [-0.4, -0.2) is 30.9 Å². The van der Waals surface area contributed by atoms with Crippen molar-refractivity contribution in [1.29, 1.82) is 0 Å². The minimum Gasteiger partial charge on any atom is -0.493 e.